The first-order valence-electron chi connectivity index (χ1n) is 9.60. The molecule has 0 spiro atoms. The van der Waals surface area contributed by atoms with E-state index in [1.165, 1.54) is 6.42 Å². The van der Waals surface area contributed by atoms with E-state index < -0.39 is 11.9 Å². The molecule has 0 bridgehead atoms. The Morgan fingerprint density at radius 2 is 1.89 bits per heavy atom. The molecule has 1 aromatic rings. The van der Waals surface area contributed by atoms with Gasteiger partial charge in [-0.15, -0.1) is 0 Å². The minimum atomic E-state index is -4.53. The summed E-state index contributed by atoms with van der Waals surface area (Å²) in [5.74, 6) is 0.617. The summed E-state index contributed by atoms with van der Waals surface area (Å²) in [5.41, 5.74) is -0.950. The zero-order valence-corrected chi connectivity index (χ0v) is 16.3. The van der Waals surface area contributed by atoms with Crippen molar-refractivity contribution in [3.8, 4) is 0 Å². The number of nitrogens with one attached hydrogen (secondary N) is 2. The van der Waals surface area contributed by atoms with Crippen LogP contribution in [0.5, 0.6) is 0 Å². The average molecular weight is 402 g/mol. The summed E-state index contributed by atoms with van der Waals surface area (Å²) in [4.78, 5) is 9.86. The highest BCUT2D eigenvalue weighted by atomic mass is 32.1. The Kier molecular flexibility index (Phi) is 6.39. The van der Waals surface area contributed by atoms with Crippen LogP contribution < -0.4 is 15.5 Å². The van der Waals surface area contributed by atoms with Gasteiger partial charge in [0, 0.05) is 25.2 Å². The van der Waals surface area contributed by atoms with Gasteiger partial charge in [0.1, 0.15) is 5.82 Å². The zero-order valence-electron chi connectivity index (χ0n) is 15.5. The Labute approximate surface area is 163 Å². The minimum absolute atomic E-state index is 0.105. The van der Waals surface area contributed by atoms with Crippen molar-refractivity contribution in [2.75, 3.05) is 23.3 Å². The largest absolute Gasteiger partial charge is 0.433 e. The second-order valence-corrected chi connectivity index (χ2v) is 7.97. The quantitative estimate of drug-likeness (QED) is 0.735. The predicted molar refractivity (Wildman–Crippen MR) is 104 cm³/mol. The van der Waals surface area contributed by atoms with E-state index in [0.29, 0.717) is 24.8 Å². The van der Waals surface area contributed by atoms with E-state index in [1.807, 2.05) is 4.90 Å². The van der Waals surface area contributed by atoms with Crippen LogP contribution in [0.25, 0.3) is 0 Å². The fourth-order valence-corrected chi connectivity index (χ4v) is 4.02. The molecule has 3 rings (SSSR count). The van der Waals surface area contributed by atoms with E-state index in [0.717, 1.165) is 44.6 Å². The lowest BCUT2D eigenvalue weighted by Gasteiger charge is -2.32. The van der Waals surface area contributed by atoms with Crippen molar-refractivity contribution in [3.63, 3.8) is 0 Å². The van der Waals surface area contributed by atoms with E-state index >= 15 is 0 Å². The van der Waals surface area contributed by atoms with E-state index in [4.69, 9.17) is 12.2 Å². The summed E-state index contributed by atoms with van der Waals surface area (Å²) in [6.45, 7) is 3.49. The Bertz CT molecular complexity index is 661. The third kappa shape index (κ3) is 5.67. The third-order valence-electron chi connectivity index (χ3n) is 5.15. The van der Waals surface area contributed by atoms with Gasteiger partial charge in [0.05, 0.1) is 0 Å². The Morgan fingerprint density at radius 3 is 2.56 bits per heavy atom. The molecular weight excluding hydrogens is 375 g/mol. The van der Waals surface area contributed by atoms with Crippen LogP contribution in [-0.2, 0) is 6.18 Å². The molecule has 1 atom stereocenters. The summed E-state index contributed by atoms with van der Waals surface area (Å²) < 4.78 is 40.0. The number of anilines is 2. The highest BCUT2D eigenvalue weighted by molar-refractivity contribution is 7.80. The molecule has 0 amide bonds. The summed E-state index contributed by atoms with van der Waals surface area (Å²) in [7, 11) is 0. The van der Waals surface area contributed by atoms with Crippen molar-refractivity contribution < 1.29 is 13.2 Å². The molecule has 0 radical (unpaired) electrons. The van der Waals surface area contributed by atoms with Crippen LogP contribution in [0.3, 0.4) is 0 Å². The molecule has 9 heteroatoms. The number of thiocarbonyl (C=S) groups is 1. The van der Waals surface area contributed by atoms with Gasteiger partial charge in [-0.2, -0.15) is 18.2 Å². The number of alkyl halides is 3. The molecule has 1 aliphatic carbocycles. The monoisotopic (exact) mass is 401 g/mol. The van der Waals surface area contributed by atoms with Gasteiger partial charge in [-0.25, -0.2) is 4.98 Å². The van der Waals surface area contributed by atoms with Crippen molar-refractivity contribution in [1.82, 2.24) is 15.3 Å². The lowest BCUT2D eigenvalue weighted by molar-refractivity contribution is -0.141. The number of halogens is 3. The van der Waals surface area contributed by atoms with Crippen LogP contribution in [0, 0.1) is 5.92 Å². The summed E-state index contributed by atoms with van der Waals surface area (Å²) in [5, 5.41) is 6.22. The lowest BCUT2D eigenvalue weighted by Crippen LogP contribution is -2.39. The van der Waals surface area contributed by atoms with E-state index in [1.54, 1.807) is 0 Å². The average Bonchev–Trinajstić information content (AvgIpc) is 2.61. The van der Waals surface area contributed by atoms with Crippen LogP contribution >= 0.6 is 12.2 Å². The second-order valence-electron chi connectivity index (χ2n) is 7.56. The molecule has 2 N–H and O–H groups in total. The highest BCUT2D eigenvalue weighted by Crippen LogP contribution is 2.31. The number of hydrogen-bond acceptors (Lipinski definition) is 4. The molecular formula is C18H26F3N5S. The molecule has 150 valence electrons. The van der Waals surface area contributed by atoms with Crippen LogP contribution in [0.4, 0.5) is 24.9 Å². The first-order chi connectivity index (χ1) is 12.8. The number of piperidine rings is 1. The first-order valence-corrected chi connectivity index (χ1v) is 10.0. The molecule has 2 fully saturated rings. The summed E-state index contributed by atoms with van der Waals surface area (Å²) >= 11 is 5.27. The van der Waals surface area contributed by atoms with Crippen molar-refractivity contribution in [2.45, 2.75) is 64.1 Å². The van der Waals surface area contributed by atoms with Crippen LogP contribution in [0.2, 0.25) is 0 Å². The topological polar surface area (TPSA) is 53.1 Å². The number of aromatic nitrogens is 2. The standard InChI is InChI=1S/C18H26F3N5S/c1-12-6-5-9-26(11-12)15-10-14(18(19,20)21)23-16(24-15)25-17(27)22-13-7-3-2-4-8-13/h10,12-13H,2-9,11H2,1H3,(H2,22,23,24,25,27)/t12-/m0/s1. The zero-order chi connectivity index (χ0) is 19.4. The van der Waals surface area contributed by atoms with Crippen molar-refractivity contribution in [2.24, 2.45) is 5.92 Å². The molecule has 0 unspecified atom stereocenters. The Morgan fingerprint density at radius 1 is 1.15 bits per heavy atom. The molecule has 2 heterocycles. The van der Waals surface area contributed by atoms with Crippen LogP contribution in [0.1, 0.15) is 57.6 Å². The number of rotatable bonds is 3. The fraction of sp³-hybridized carbons (Fsp3) is 0.722. The maximum absolute atomic E-state index is 13.3. The Hall–Kier alpha value is -1.64. The molecule has 5 nitrogen and oxygen atoms in total. The number of nitrogens with zero attached hydrogens (tertiary/aromatic N) is 3. The molecule has 1 aromatic heterocycles. The van der Waals surface area contributed by atoms with E-state index in [-0.39, 0.29) is 17.1 Å². The maximum Gasteiger partial charge on any atom is 0.433 e. The molecule has 0 aromatic carbocycles. The van der Waals surface area contributed by atoms with Gasteiger partial charge in [-0.3, -0.25) is 0 Å². The first kappa shape index (κ1) is 20.1. The van der Waals surface area contributed by atoms with Gasteiger partial charge in [0.2, 0.25) is 5.95 Å². The normalized spacial score (nSPS) is 21.8. The van der Waals surface area contributed by atoms with Crippen LogP contribution in [0.15, 0.2) is 6.07 Å². The molecule has 1 saturated carbocycles. The fourth-order valence-electron chi connectivity index (χ4n) is 3.76. The van der Waals surface area contributed by atoms with Gasteiger partial charge in [0.25, 0.3) is 0 Å². The van der Waals surface area contributed by atoms with Gasteiger partial charge < -0.3 is 15.5 Å². The van der Waals surface area contributed by atoms with Crippen molar-refractivity contribution in [3.05, 3.63) is 11.8 Å². The summed E-state index contributed by atoms with van der Waals surface area (Å²) in [6.07, 6.45) is 3.01. The minimum Gasteiger partial charge on any atom is -0.360 e. The second kappa shape index (κ2) is 8.58. The summed E-state index contributed by atoms with van der Waals surface area (Å²) in [6, 6.07) is 1.29. The van der Waals surface area contributed by atoms with Crippen molar-refractivity contribution >= 4 is 29.1 Å². The lowest BCUT2D eigenvalue weighted by atomic mass is 9.96. The Balaban J connectivity index is 1.76. The van der Waals surface area contributed by atoms with Gasteiger partial charge in [-0.05, 0) is 43.8 Å². The van der Waals surface area contributed by atoms with E-state index in [9.17, 15) is 13.2 Å². The van der Waals surface area contributed by atoms with E-state index in [2.05, 4.69) is 27.5 Å². The van der Waals surface area contributed by atoms with Gasteiger partial charge in [-0.1, -0.05) is 26.2 Å². The van der Waals surface area contributed by atoms with Gasteiger partial charge >= 0.3 is 6.18 Å². The third-order valence-corrected chi connectivity index (χ3v) is 5.37. The van der Waals surface area contributed by atoms with Gasteiger partial charge in [0.15, 0.2) is 10.8 Å². The van der Waals surface area contributed by atoms with Crippen molar-refractivity contribution in [1.29, 1.82) is 0 Å². The smallest absolute Gasteiger partial charge is 0.360 e. The highest BCUT2D eigenvalue weighted by Gasteiger charge is 2.34. The maximum atomic E-state index is 13.3. The predicted octanol–water partition coefficient (Wildman–Crippen LogP) is 4.35. The van der Waals surface area contributed by atoms with Crippen LogP contribution in [-0.4, -0.2) is 34.2 Å². The molecule has 1 aliphatic heterocycles. The molecule has 2 aliphatic rings. The SMILES string of the molecule is C[C@H]1CCCN(c2cc(C(F)(F)F)nc(NC(=S)NC3CCCCC3)n2)C1. The number of hydrogen-bond donors (Lipinski definition) is 2. The molecule has 1 saturated heterocycles. The molecule has 27 heavy (non-hydrogen) atoms.